The highest BCUT2D eigenvalue weighted by atomic mass is 28.4. The normalized spacial score (nSPS) is 16.7. The van der Waals surface area contributed by atoms with Crippen LogP contribution in [0.1, 0.15) is 27.2 Å². The van der Waals surface area contributed by atoms with Crippen LogP contribution in [-0.4, -0.2) is 53.6 Å². The topological polar surface area (TPSA) is 66.4 Å². The van der Waals surface area contributed by atoms with Crippen molar-refractivity contribution in [3.05, 3.63) is 42.2 Å². The Morgan fingerprint density at radius 3 is 2.48 bits per heavy atom. The molecule has 7 heteroatoms. The second-order valence-electron chi connectivity index (χ2n) is 9.22. The zero-order valence-corrected chi connectivity index (χ0v) is 20.8. The molecule has 0 fully saturated rings. The van der Waals surface area contributed by atoms with Crippen LogP contribution in [0.15, 0.2) is 42.2 Å². The first kappa shape index (κ1) is 25.3. The van der Waals surface area contributed by atoms with Gasteiger partial charge in [0.15, 0.2) is 11.5 Å². The van der Waals surface area contributed by atoms with Crippen LogP contribution in [-0.2, 0) is 14.2 Å². The van der Waals surface area contributed by atoms with E-state index in [9.17, 15) is 5.11 Å². The number of hydrogen-bond acceptors (Lipinski definition) is 6. The second kappa shape index (κ2) is 11.6. The Labute approximate surface area is 187 Å². The van der Waals surface area contributed by atoms with Gasteiger partial charge in [0, 0.05) is 19.1 Å². The molecule has 0 heterocycles. The van der Waals surface area contributed by atoms with Crippen LogP contribution in [0.4, 0.5) is 0 Å². The van der Waals surface area contributed by atoms with E-state index < -0.39 is 8.32 Å². The molecule has 2 rings (SSSR count). The number of benzene rings is 1. The molecule has 1 aromatic rings. The molecule has 31 heavy (non-hydrogen) atoms. The number of aromatic hydroxyl groups is 1. The van der Waals surface area contributed by atoms with Crippen molar-refractivity contribution in [2.45, 2.75) is 45.3 Å². The van der Waals surface area contributed by atoms with Crippen molar-refractivity contribution >= 4 is 8.32 Å². The number of hydrogen-bond donors (Lipinski definition) is 1. The van der Waals surface area contributed by atoms with Gasteiger partial charge in [-0.05, 0) is 48.8 Å². The molecule has 0 saturated carbocycles. The fourth-order valence-corrected chi connectivity index (χ4v) is 3.74. The van der Waals surface area contributed by atoms with Gasteiger partial charge in [-0.25, -0.2) is 0 Å². The lowest BCUT2D eigenvalue weighted by Gasteiger charge is -2.36. The van der Waals surface area contributed by atoms with Gasteiger partial charge in [0.25, 0.3) is 0 Å². The first-order valence-electron chi connectivity index (χ1n) is 10.8. The molecule has 0 spiro atoms. The van der Waals surface area contributed by atoms with Crippen LogP contribution in [0.25, 0.3) is 0 Å². The number of allylic oxidation sites excluding steroid dienone is 2. The van der Waals surface area contributed by atoms with Gasteiger partial charge in [-0.3, -0.25) is 0 Å². The lowest BCUT2D eigenvalue weighted by Crippen LogP contribution is -2.43. The molecule has 6 nitrogen and oxygen atoms in total. The summed E-state index contributed by atoms with van der Waals surface area (Å²) in [6.45, 7) is 13.5. The van der Waals surface area contributed by atoms with Gasteiger partial charge in [-0.2, -0.15) is 0 Å². The van der Waals surface area contributed by atoms with E-state index >= 15 is 0 Å². The maximum Gasteiger partial charge on any atom is 0.250 e. The fraction of sp³-hybridized carbons (Fsp3) is 0.583. The van der Waals surface area contributed by atoms with Gasteiger partial charge < -0.3 is 28.5 Å². The summed E-state index contributed by atoms with van der Waals surface area (Å²) < 4.78 is 28.2. The molecule has 1 aliphatic rings. The zero-order chi connectivity index (χ0) is 22.9. The Kier molecular flexibility index (Phi) is 9.46. The molecule has 0 aromatic heterocycles. The van der Waals surface area contributed by atoms with E-state index in [2.05, 4.69) is 46.0 Å². The number of phenolic OH excluding ortho intramolecular Hbond substituents is 1. The van der Waals surface area contributed by atoms with Crippen molar-refractivity contribution in [3.63, 3.8) is 0 Å². The average Bonchev–Trinajstić information content (AvgIpc) is 2.69. The van der Waals surface area contributed by atoms with E-state index in [1.165, 1.54) is 0 Å². The predicted octanol–water partition coefficient (Wildman–Crippen LogP) is 5.29. The fourth-order valence-electron chi connectivity index (χ4n) is 2.72. The van der Waals surface area contributed by atoms with Crippen molar-refractivity contribution in [1.29, 1.82) is 0 Å². The van der Waals surface area contributed by atoms with E-state index in [1.807, 2.05) is 12.1 Å². The third kappa shape index (κ3) is 8.24. The Bertz CT molecular complexity index is 751. The molecule has 1 aromatic carbocycles. The van der Waals surface area contributed by atoms with Crippen LogP contribution < -0.4 is 9.16 Å². The zero-order valence-electron chi connectivity index (χ0n) is 19.8. The predicted molar refractivity (Wildman–Crippen MR) is 125 cm³/mol. The minimum atomic E-state index is -1.96. The van der Waals surface area contributed by atoms with Crippen molar-refractivity contribution < 1.29 is 28.5 Å². The van der Waals surface area contributed by atoms with Crippen LogP contribution >= 0.6 is 0 Å². The lowest BCUT2D eigenvalue weighted by atomic mass is 10.0. The summed E-state index contributed by atoms with van der Waals surface area (Å²) in [5.41, 5.74) is 0. The van der Waals surface area contributed by atoms with Crippen molar-refractivity contribution in [1.82, 2.24) is 0 Å². The largest absolute Gasteiger partial charge is 0.543 e. The highest BCUT2D eigenvalue weighted by molar-refractivity contribution is 6.74. The summed E-state index contributed by atoms with van der Waals surface area (Å²) in [7, 11) is -0.307. The molecular formula is C24H38O6Si. The van der Waals surface area contributed by atoms with E-state index in [-0.39, 0.29) is 16.7 Å². The smallest absolute Gasteiger partial charge is 0.250 e. The highest BCUT2D eigenvalue weighted by Gasteiger charge is 2.39. The molecule has 0 amide bonds. The summed E-state index contributed by atoms with van der Waals surface area (Å²) in [6, 6.07) is 5.28. The third-order valence-corrected chi connectivity index (χ3v) is 9.97. The molecule has 0 aliphatic heterocycles. The summed E-state index contributed by atoms with van der Waals surface area (Å²) in [4.78, 5) is 0. The molecule has 174 valence electrons. The van der Waals surface area contributed by atoms with Gasteiger partial charge in [0.2, 0.25) is 8.32 Å². The van der Waals surface area contributed by atoms with Crippen molar-refractivity contribution in [2.75, 3.05) is 40.1 Å². The molecule has 1 unspecified atom stereocenters. The van der Waals surface area contributed by atoms with Crippen LogP contribution in [0.5, 0.6) is 17.2 Å². The molecule has 0 saturated heterocycles. The second-order valence-corrected chi connectivity index (χ2v) is 13.9. The van der Waals surface area contributed by atoms with Gasteiger partial charge in [0.05, 0.1) is 26.4 Å². The summed E-state index contributed by atoms with van der Waals surface area (Å²) in [6.07, 6.45) is 6.97. The van der Waals surface area contributed by atoms with E-state index in [0.29, 0.717) is 44.5 Å². The average molecular weight is 451 g/mol. The Morgan fingerprint density at radius 2 is 1.81 bits per heavy atom. The first-order valence-corrected chi connectivity index (χ1v) is 13.8. The van der Waals surface area contributed by atoms with Crippen LogP contribution in [0.3, 0.4) is 0 Å². The van der Waals surface area contributed by atoms with E-state index in [4.69, 9.17) is 23.4 Å². The maximum absolute atomic E-state index is 10.4. The minimum Gasteiger partial charge on any atom is -0.543 e. The first-order chi connectivity index (χ1) is 14.6. The van der Waals surface area contributed by atoms with Crippen LogP contribution in [0, 0.1) is 5.92 Å². The SMILES string of the molecule is COCCOCCOC1=CC(COc2ccc(O[Si](C)(C)C(C)(C)C)cc2O)CC=C1. The molecule has 1 atom stereocenters. The Balaban J connectivity index is 1.84. The van der Waals surface area contributed by atoms with E-state index in [1.54, 1.807) is 19.2 Å². The quantitative estimate of drug-likeness (QED) is 0.345. The minimum absolute atomic E-state index is 0.0917. The van der Waals surface area contributed by atoms with Crippen LogP contribution in [0.2, 0.25) is 18.1 Å². The molecular weight excluding hydrogens is 412 g/mol. The lowest BCUT2D eigenvalue weighted by molar-refractivity contribution is 0.0426. The number of phenols is 1. The molecule has 0 bridgehead atoms. The van der Waals surface area contributed by atoms with Gasteiger partial charge >= 0.3 is 0 Å². The number of rotatable bonds is 12. The summed E-state index contributed by atoms with van der Waals surface area (Å²) in [5, 5.41) is 10.5. The highest BCUT2D eigenvalue weighted by Crippen LogP contribution is 2.39. The van der Waals surface area contributed by atoms with Crippen molar-refractivity contribution in [2.24, 2.45) is 5.92 Å². The van der Waals surface area contributed by atoms with Gasteiger partial charge in [-0.15, -0.1) is 0 Å². The number of ether oxygens (including phenoxy) is 4. The summed E-state index contributed by atoms with van der Waals surface area (Å²) >= 11 is 0. The van der Waals surface area contributed by atoms with Gasteiger partial charge in [0.1, 0.15) is 18.1 Å². The molecule has 1 aliphatic carbocycles. The maximum atomic E-state index is 10.4. The third-order valence-electron chi connectivity index (χ3n) is 5.61. The standard InChI is InChI=1S/C24H38O6Si/c1-24(2,3)31(5,6)30-21-10-11-23(22(25)17-21)29-18-19-8-7-9-20(16-19)28-15-14-27-13-12-26-4/h7,9-11,16-17,19,25H,8,12-15,18H2,1-6H3. The number of methoxy groups -OCH3 is 1. The van der Waals surface area contributed by atoms with E-state index in [0.717, 1.165) is 12.2 Å². The summed E-state index contributed by atoms with van der Waals surface area (Å²) in [5.74, 6) is 2.23. The monoisotopic (exact) mass is 450 g/mol. The Hall–Kier alpha value is -1.96. The van der Waals surface area contributed by atoms with Crippen molar-refractivity contribution in [3.8, 4) is 17.2 Å². The molecule has 1 N–H and O–H groups in total. The Morgan fingerprint density at radius 1 is 1.06 bits per heavy atom. The molecule has 0 radical (unpaired) electrons. The van der Waals surface area contributed by atoms with Gasteiger partial charge in [-0.1, -0.05) is 26.8 Å².